The number of hydrogen-bond acceptors (Lipinski definition) is 3. The van der Waals surface area contributed by atoms with E-state index in [2.05, 4.69) is 0 Å². The van der Waals surface area contributed by atoms with E-state index in [9.17, 15) is 13.6 Å². The van der Waals surface area contributed by atoms with Gasteiger partial charge in [-0.3, -0.25) is 0 Å². The van der Waals surface area contributed by atoms with Crippen LogP contribution < -0.4 is 9.47 Å². The van der Waals surface area contributed by atoms with E-state index in [-0.39, 0.29) is 11.1 Å². The largest absolute Gasteiger partial charge is 0.519 e. The Balaban J connectivity index is 1.60. The molecule has 5 aromatic rings. The molecule has 0 aliphatic rings. The van der Waals surface area contributed by atoms with Gasteiger partial charge >= 0.3 is 6.16 Å². The molecule has 0 fully saturated rings. The van der Waals surface area contributed by atoms with Crippen LogP contribution in [0.2, 0.25) is 0 Å². The molecule has 5 rings (SSSR count). The fourth-order valence-electron chi connectivity index (χ4n) is 3.65. The standard InChI is InChI=1S/C25H14F2O3/c26-18-11-12-20-17(14-18)13-16-7-3-9-21(27)23(16)24(20)30-25(28)29-22-10-4-6-15-5-1-2-8-19(15)22/h1-14H. The van der Waals surface area contributed by atoms with Crippen LogP contribution in [0.1, 0.15) is 0 Å². The Kier molecular flexibility index (Phi) is 4.29. The average molecular weight is 400 g/mol. The molecular weight excluding hydrogens is 386 g/mol. The third kappa shape index (κ3) is 3.10. The summed E-state index contributed by atoms with van der Waals surface area (Å²) in [5.74, 6) is -0.672. The molecule has 5 aromatic carbocycles. The van der Waals surface area contributed by atoms with Crippen molar-refractivity contribution in [3.63, 3.8) is 0 Å². The molecule has 5 heteroatoms. The van der Waals surface area contributed by atoms with Gasteiger partial charge in [0, 0.05) is 10.8 Å². The molecule has 0 radical (unpaired) electrons. The lowest BCUT2D eigenvalue weighted by Crippen LogP contribution is -2.14. The summed E-state index contributed by atoms with van der Waals surface area (Å²) < 4.78 is 39.3. The Morgan fingerprint density at radius 2 is 1.43 bits per heavy atom. The van der Waals surface area contributed by atoms with Crippen molar-refractivity contribution >= 4 is 38.5 Å². The molecule has 0 heterocycles. The molecule has 0 unspecified atom stereocenters. The lowest BCUT2D eigenvalue weighted by Gasteiger charge is -2.13. The van der Waals surface area contributed by atoms with Crippen LogP contribution >= 0.6 is 0 Å². The van der Waals surface area contributed by atoms with E-state index in [4.69, 9.17) is 9.47 Å². The maximum absolute atomic E-state index is 14.6. The van der Waals surface area contributed by atoms with Crippen molar-refractivity contribution in [2.75, 3.05) is 0 Å². The third-order valence-electron chi connectivity index (χ3n) is 4.97. The summed E-state index contributed by atoms with van der Waals surface area (Å²) in [6.07, 6.45) is -1.01. The summed E-state index contributed by atoms with van der Waals surface area (Å²) in [6.45, 7) is 0. The first-order chi connectivity index (χ1) is 14.6. The first kappa shape index (κ1) is 18.1. The second kappa shape index (κ2) is 7.12. The highest BCUT2D eigenvalue weighted by atomic mass is 19.1. The molecule has 0 atom stereocenters. The Bertz CT molecular complexity index is 1440. The molecule has 0 aliphatic carbocycles. The molecule has 0 saturated carbocycles. The highest BCUT2D eigenvalue weighted by Crippen LogP contribution is 2.37. The minimum atomic E-state index is -1.01. The van der Waals surface area contributed by atoms with Gasteiger partial charge < -0.3 is 9.47 Å². The van der Waals surface area contributed by atoms with E-state index in [0.717, 1.165) is 10.8 Å². The fraction of sp³-hybridized carbons (Fsp3) is 0. The van der Waals surface area contributed by atoms with Gasteiger partial charge in [-0.05, 0) is 52.6 Å². The highest BCUT2D eigenvalue weighted by Gasteiger charge is 2.18. The number of rotatable bonds is 2. The lowest BCUT2D eigenvalue weighted by molar-refractivity contribution is 0.153. The van der Waals surface area contributed by atoms with E-state index < -0.39 is 17.8 Å². The SMILES string of the molecule is O=C(Oc1cccc2ccccc12)Oc1c2ccc(F)cc2cc2cccc(F)c12. The molecule has 0 N–H and O–H groups in total. The number of benzene rings is 5. The Morgan fingerprint density at radius 3 is 2.33 bits per heavy atom. The topological polar surface area (TPSA) is 35.5 Å². The van der Waals surface area contributed by atoms with Crippen LogP contribution in [0, 0.1) is 11.6 Å². The van der Waals surface area contributed by atoms with E-state index in [0.29, 0.717) is 21.9 Å². The maximum atomic E-state index is 14.6. The van der Waals surface area contributed by atoms with Gasteiger partial charge in [0.15, 0.2) is 5.75 Å². The highest BCUT2D eigenvalue weighted by molar-refractivity contribution is 6.06. The van der Waals surface area contributed by atoms with Gasteiger partial charge in [0.2, 0.25) is 0 Å². The average Bonchev–Trinajstić information content (AvgIpc) is 2.73. The molecule has 0 amide bonds. The zero-order chi connectivity index (χ0) is 20.7. The molecular formula is C25H14F2O3. The van der Waals surface area contributed by atoms with Crippen molar-refractivity contribution in [3.8, 4) is 11.5 Å². The minimum Gasteiger partial charge on any atom is -0.394 e. The molecule has 0 bridgehead atoms. The summed E-state index contributed by atoms with van der Waals surface area (Å²) >= 11 is 0. The summed E-state index contributed by atoms with van der Waals surface area (Å²) in [6, 6.07) is 22.9. The quantitative estimate of drug-likeness (QED) is 0.182. The summed E-state index contributed by atoms with van der Waals surface area (Å²) in [4.78, 5) is 12.7. The predicted molar refractivity (Wildman–Crippen MR) is 112 cm³/mol. The van der Waals surface area contributed by atoms with Crippen LogP contribution in [0.3, 0.4) is 0 Å². The summed E-state index contributed by atoms with van der Waals surface area (Å²) in [5.41, 5.74) is 0. The van der Waals surface area contributed by atoms with Gasteiger partial charge in [0.25, 0.3) is 0 Å². The lowest BCUT2D eigenvalue weighted by atomic mass is 10.0. The van der Waals surface area contributed by atoms with Crippen molar-refractivity contribution in [1.29, 1.82) is 0 Å². The number of ether oxygens (including phenoxy) is 2. The third-order valence-corrected chi connectivity index (χ3v) is 4.97. The first-order valence-corrected chi connectivity index (χ1v) is 9.28. The zero-order valence-electron chi connectivity index (χ0n) is 15.6. The van der Waals surface area contributed by atoms with Gasteiger partial charge in [0.05, 0.1) is 5.39 Å². The van der Waals surface area contributed by atoms with Crippen LogP contribution in [-0.4, -0.2) is 6.16 Å². The van der Waals surface area contributed by atoms with E-state index in [1.807, 2.05) is 30.3 Å². The van der Waals surface area contributed by atoms with Crippen molar-refractivity contribution in [2.45, 2.75) is 0 Å². The normalized spacial score (nSPS) is 11.1. The van der Waals surface area contributed by atoms with Crippen molar-refractivity contribution in [1.82, 2.24) is 0 Å². The second-order valence-electron chi connectivity index (χ2n) is 6.84. The Labute approximate surface area is 170 Å². The summed E-state index contributed by atoms with van der Waals surface area (Å²) in [5, 5.41) is 3.16. The first-order valence-electron chi connectivity index (χ1n) is 9.28. The van der Waals surface area contributed by atoms with Gasteiger partial charge in [-0.1, -0.05) is 48.5 Å². The van der Waals surface area contributed by atoms with Crippen LogP contribution in [0.25, 0.3) is 32.3 Å². The Hall–Kier alpha value is -3.99. The second-order valence-corrected chi connectivity index (χ2v) is 6.84. The minimum absolute atomic E-state index is 0.00848. The maximum Gasteiger partial charge on any atom is 0.519 e. The van der Waals surface area contributed by atoms with Crippen molar-refractivity contribution in [3.05, 3.63) is 96.6 Å². The van der Waals surface area contributed by atoms with Gasteiger partial charge in [-0.2, -0.15) is 0 Å². The predicted octanol–water partition coefficient (Wildman–Crippen LogP) is 7.00. The molecule has 0 saturated heterocycles. The van der Waals surface area contributed by atoms with Gasteiger partial charge in [-0.15, -0.1) is 0 Å². The fourth-order valence-corrected chi connectivity index (χ4v) is 3.65. The number of carbonyl (C=O) groups is 1. The molecule has 30 heavy (non-hydrogen) atoms. The summed E-state index contributed by atoms with van der Waals surface area (Å²) in [7, 11) is 0. The number of carbonyl (C=O) groups excluding carboxylic acids is 1. The molecule has 0 aliphatic heterocycles. The van der Waals surface area contributed by atoms with Gasteiger partial charge in [0.1, 0.15) is 17.4 Å². The van der Waals surface area contributed by atoms with Gasteiger partial charge in [-0.25, -0.2) is 13.6 Å². The van der Waals surface area contributed by atoms with E-state index in [1.54, 1.807) is 30.3 Å². The smallest absolute Gasteiger partial charge is 0.394 e. The van der Waals surface area contributed by atoms with E-state index >= 15 is 0 Å². The molecule has 3 nitrogen and oxygen atoms in total. The number of hydrogen-bond donors (Lipinski definition) is 0. The zero-order valence-corrected chi connectivity index (χ0v) is 15.6. The van der Waals surface area contributed by atoms with Crippen LogP contribution in [0.15, 0.2) is 84.9 Å². The van der Waals surface area contributed by atoms with Crippen molar-refractivity contribution in [2.24, 2.45) is 0 Å². The van der Waals surface area contributed by atoms with Crippen molar-refractivity contribution < 1.29 is 23.0 Å². The Morgan fingerprint density at radius 1 is 0.667 bits per heavy atom. The monoisotopic (exact) mass is 400 g/mol. The molecule has 0 aromatic heterocycles. The molecule has 146 valence electrons. The van der Waals surface area contributed by atoms with Crippen LogP contribution in [0.4, 0.5) is 13.6 Å². The van der Waals surface area contributed by atoms with E-state index in [1.165, 1.54) is 24.3 Å². The molecule has 0 spiro atoms. The number of fused-ring (bicyclic) bond motifs is 3. The number of halogens is 2. The van der Waals surface area contributed by atoms with Crippen LogP contribution in [0.5, 0.6) is 11.5 Å². The van der Waals surface area contributed by atoms with Crippen LogP contribution in [-0.2, 0) is 0 Å².